The van der Waals surface area contributed by atoms with Crippen LogP contribution in [0.3, 0.4) is 0 Å². The minimum atomic E-state index is -0.185. The van der Waals surface area contributed by atoms with Gasteiger partial charge in [-0.2, -0.15) is 5.10 Å². The lowest BCUT2D eigenvalue weighted by Gasteiger charge is -2.07. The van der Waals surface area contributed by atoms with Crippen molar-refractivity contribution in [1.29, 1.82) is 0 Å². The van der Waals surface area contributed by atoms with Gasteiger partial charge in [0.2, 0.25) is 0 Å². The molecule has 3 aromatic rings. The van der Waals surface area contributed by atoms with Crippen LogP contribution < -0.4 is 10.6 Å². The number of carbonyl (C=O) groups excluding carboxylic acids is 2. The molecule has 1 heterocycles. The average molecular weight is 374 g/mol. The maximum atomic E-state index is 12.4. The van der Waals surface area contributed by atoms with Crippen LogP contribution in [0.25, 0.3) is 5.69 Å². The van der Waals surface area contributed by atoms with Crippen LogP contribution in [-0.4, -0.2) is 27.6 Å². The lowest BCUT2D eigenvalue weighted by molar-refractivity contribution is 0.0941. The number of aryl methyl sites for hydroxylation is 1. The maximum Gasteiger partial charge on any atom is 0.254 e. The predicted octanol–water partition coefficient (Wildman–Crippen LogP) is 3.00. The molecule has 6 nitrogen and oxygen atoms in total. The van der Waals surface area contributed by atoms with Gasteiger partial charge in [-0.1, -0.05) is 30.3 Å². The van der Waals surface area contributed by atoms with E-state index in [0.29, 0.717) is 23.7 Å². The highest BCUT2D eigenvalue weighted by molar-refractivity contribution is 5.95. The van der Waals surface area contributed by atoms with E-state index in [9.17, 15) is 9.59 Å². The molecule has 1 aliphatic rings. The number of para-hydroxylation sites is 1. The molecule has 2 aromatic carbocycles. The van der Waals surface area contributed by atoms with Crippen LogP contribution in [0.1, 0.15) is 44.7 Å². The predicted molar refractivity (Wildman–Crippen MR) is 106 cm³/mol. The number of carbonyl (C=O) groups is 2. The Morgan fingerprint density at radius 2 is 1.79 bits per heavy atom. The molecule has 0 aliphatic heterocycles. The summed E-state index contributed by atoms with van der Waals surface area (Å²) in [6, 6.07) is 15.5. The van der Waals surface area contributed by atoms with Gasteiger partial charge in [-0.15, -0.1) is 0 Å². The van der Waals surface area contributed by atoms with Crippen LogP contribution in [0.5, 0.6) is 0 Å². The second-order valence-electron chi connectivity index (χ2n) is 7.09. The Morgan fingerprint density at radius 3 is 2.50 bits per heavy atom. The number of nitrogens with one attached hydrogen (secondary N) is 2. The summed E-state index contributed by atoms with van der Waals surface area (Å²) in [5, 5.41) is 10.2. The summed E-state index contributed by atoms with van der Waals surface area (Å²) in [6.07, 6.45) is 5.42. The first-order valence-corrected chi connectivity index (χ1v) is 9.39. The molecule has 2 amide bonds. The van der Waals surface area contributed by atoms with Crippen LogP contribution in [0.4, 0.5) is 0 Å². The maximum absolute atomic E-state index is 12.4. The molecule has 142 valence electrons. The highest BCUT2D eigenvalue weighted by atomic mass is 16.2. The third-order valence-corrected chi connectivity index (χ3v) is 4.79. The van der Waals surface area contributed by atoms with E-state index < -0.39 is 0 Å². The molecule has 0 bridgehead atoms. The molecule has 1 aliphatic carbocycles. The van der Waals surface area contributed by atoms with Crippen molar-refractivity contribution in [3.8, 4) is 5.69 Å². The van der Waals surface area contributed by atoms with Crippen molar-refractivity contribution in [2.75, 3.05) is 0 Å². The summed E-state index contributed by atoms with van der Waals surface area (Å²) >= 11 is 0. The van der Waals surface area contributed by atoms with E-state index in [1.807, 2.05) is 43.3 Å². The van der Waals surface area contributed by atoms with E-state index >= 15 is 0 Å². The molecule has 1 aromatic heterocycles. The van der Waals surface area contributed by atoms with E-state index in [1.165, 1.54) is 0 Å². The van der Waals surface area contributed by atoms with Crippen molar-refractivity contribution in [3.05, 3.63) is 83.2 Å². The Bertz CT molecular complexity index is 1000. The quantitative estimate of drug-likeness (QED) is 0.696. The lowest BCUT2D eigenvalue weighted by Crippen LogP contribution is -2.25. The summed E-state index contributed by atoms with van der Waals surface area (Å²) < 4.78 is 1.71. The topological polar surface area (TPSA) is 76.0 Å². The third kappa shape index (κ3) is 4.11. The van der Waals surface area contributed by atoms with Gasteiger partial charge in [-0.3, -0.25) is 9.59 Å². The van der Waals surface area contributed by atoms with E-state index in [-0.39, 0.29) is 11.8 Å². The Hall–Kier alpha value is -3.41. The van der Waals surface area contributed by atoms with Crippen molar-refractivity contribution in [2.24, 2.45) is 0 Å². The van der Waals surface area contributed by atoms with Gasteiger partial charge in [0, 0.05) is 24.3 Å². The van der Waals surface area contributed by atoms with Crippen molar-refractivity contribution in [1.82, 2.24) is 20.4 Å². The molecule has 6 heteroatoms. The SMILES string of the molecule is Cc1ccccc1-n1cc(C(=O)NCc2ccc(C(=O)NC3CC3)cc2)cn1. The molecule has 0 saturated heterocycles. The van der Waals surface area contributed by atoms with Gasteiger partial charge < -0.3 is 10.6 Å². The summed E-state index contributed by atoms with van der Waals surface area (Å²) in [4.78, 5) is 24.4. The number of hydrogen-bond donors (Lipinski definition) is 2. The molecule has 0 unspecified atom stereocenters. The van der Waals surface area contributed by atoms with Crippen molar-refractivity contribution < 1.29 is 9.59 Å². The zero-order chi connectivity index (χ0) is 19.5. The Morgan fingerprint density at radius 1 is 1.04 bits per heavy atom. The molecule has 0 spiro atoms. The second kappa shape index (κ2) is 7.68. The van der Waals surface area contributed by atoms with Crippen LogP contribution in [0, 0.1) is 6.92 Å². The molecule has 4 rings (SSSR count). The molecule has 28 heavy (non-hydrogen) atoms. The highest BCUT2D eigenvalue weighted by Crippen LogP contribution is 2.19. The van der Waals surface area contributed by atoms with Crippen molar-refractivity contribution in [2.45, 2.75) is 32.4 Å². The summed E-state index contributed by atoms with van der Waals surface area (Å²) in [5.41, 5.74) is 4.11. The number of hydrogen-bond acceptors (Lipinski definition) is 3. The van der Waals surface area contributed by atoms with Gasteiger partial charge in [0.25, 0.3) is 11.8 Å². The van der Waals surface area contributed by atoms with E-state index in [4.69, 9.17) is 0 Å². The van der Waals surface area contributed by atoms with Crippen LogP contribution in [-0.2, 0) is 6.54 Å². The molecule has 0 atom stereocenters. The van der Waals surface area contributed by atoms with Gasteiger partial charge in [-0.25, -0.2) is 4.68 Å². The van der Waals surface area contributed by atoms with Crippen molar-refractivity contribution in [3.63, 3.8) is 0 Å². The van der Waals surface area contributed by atoms with Gasteiger partial charge >= 0.3 is 0 Å². The monoisotopic (exact) mass is 374 g/mol. The van der Waals surface area contributed by atoms with Crippen LogP contribution in [0.15, 0.2) is 60.9 Å². The number of amides is 2. The average Bonchev–Trinajstić information content (AvgIpc) is 3.39. The molecule has 1 fully saturated rings. The fourth-order valence-corrected chi connectivity index (χ4v) is 2.95. The summed E-state index contributed by atoms with van der Waals surface area (Å²) in [6.45, 7) is 2.39. The number of benzene rings is 2. The first-order chi connectivity index (χ1) is 13.6. The first-order valence-electron chi connectivity index (χ1n) is 9.39. The molecular formula is C22H22N4O2. The zero-order valence-electron chi connectivity index (χ0n) is 15.7. The zero-order valence-corrected chi connectivity index (χ0v) is 15.7. The normalized spacial score (nSPS) is 13.2. The van der Waals surface area contributed by atoms with E-state index in [2.05, 4.69) is 15.7 Å². The molecular weight excluding hydrogens is 352 g/mol. The first kappa shape index (κ1) is 18.0. The van der Waals surface area contributed by atoms with Crippen LogP contribution in [0.2, 0.25) is 0 Å². The lowest BCUT2D eigenvalue weighted by atomic mass is 10.1. The van der Waals surface area contributed by atoms with Crippen molar-refractivity contribution >= 4 is 11.8 Å². The number of aromatic nitrogens is 2. The van der Waals surface area contributed by atoms with Gasteiger partial charge in [0.15, 0.2) is 0 Å². The number of nitrogens with zero attached hydrogens (tertiary/aromatic N) is 2. The summed E-state index contributed by atoms with van der Waals surface area (Å²) in [7, 11) is 0. The second-order valence-corrected chi connectivity index (χ2v) is 7.09. The molecule has 1 saturated carbocycles. The highest BCUT2D eigenvalue weighted by Gasteiger charge is 2.23. The Balaban J connectivity index is 1.35. The Labute approximate surface area is 163 Å². The smallest absolute Gasteiger partial charge is 0.254 e. The van der Waals surface area contributed by atoms with Crippen LogP contribution >= 0.6 is 0 Å². The Kier molecular flexibility index (Phi) is 4.93. The minimum Gasteiger partial charge on any atom is -0.349 e. The number of rotatable bonds is 6. The fraction of sp³-hybridized carbons (Fsp3) is 0.227. The van der Waals surface area contributed by atoms with E-state index in [0.717, 1.165) is 29.7 Å². The van der Waals surface area contributed by atoms with E-state index in [1.54, 1.807) is 29.2 Å². The van der Waals surface area contributed by atoms with Gasteiger partial charge in [0.05, 0.1) is 17.4 Å². The van der Waals surface area contributed by atoms with Gasteiger partial charge in [-0.05, 0) is 49.1 Å². The molecule has 2 N–H and O–H groups in total. The fourth-order valence-electron chi connectivity index (χ4n) is 2.95. The van der Waals surface area contributed by atoms with Gasteiger partial charge in [0.1, 0.15) is 0 Å². The summed E-state index contributed by atoms with van der Waals surface area (Å²) in [5.74, 6) is -0.225. The minimum absolute atomic E-state index is 0.0401. The molecule has 0 radical (unpaired) electrons. The largest absolute Gasteiger partial charge is 0.349 e. The standard InChI is InChI=1S/C22H22N4O2/c1-15-4-2-3-5-20(15)26-14-18(13-24-26)21(27)23-12-16-6-8-17(9-7-16)22(28)25-19-10-11-19/h2-9,13-14,19H,10-12H2,1H3,(H,23,27)(H,25,28). The third-order valence-electron chi connectivity index (χ3n) is 4.79.